The molecule has 2 aromatic carbocycles. The molecule has 2 fully saturated rings. The molecule has 2 aromatic rings. The van der Waals surface area contributed by atoms with Crippen molar-refractivity contribution in [2.45, 2.75) is 37.0 Å². The molecule has 0 aromatic heterocycles. The molecule has 25 heavy (non-hydrogen) atoms. The molecule has 0 spiro atoms. The molecule has 5 heteroatoms. The van der Waals surface area contributed by atoms with E-state index in [1.54, 1.807) is 0 Å². The number of nitrogens with one attached hydrogen (secondary N) is 1. The Balaban J connectivity index is 1.41. The zero-order valence-electron chi connectivity index (χ0n) is 14.3. The largest absolute Gasteiger partial charge is 0.298 e. The lowest BCUT2D eigenvalue weighted by atomic mass is 9.98. The highest BCUT2D eigenvalue weighted by Crippen LogP contribution is 2.32. The van der Waals surface area contributed by atoms with Gasteiger partial charge in [-0.25, -0.2) is 8.42 Å². The number of benzene rings is 2. The van der Waals surface area contributed by atoms with Gasteiger partial charge in [-0.15, -0.1) is 0 Å². The van der Waals surface area contributed by atoms with Gasteiger partial charge in [-0.1, -0.05) is 42.5 Å². The molecule has 1 saturated carbocycles. The topological polar surface area (TPSA) is 49.4 Å². The van der Waals surface area contributed by atoms with Crippen LogP contribution in [0.25, 0.3) is 0 Å². The fourth-order valence-corrected chi connectivity index (χ4v) is 4.95. The summed E-state index contributed by atoms with van der Waals surface area (Å²) < 4.78 is 27.0. The second kappa shape index (κ2) is 6.81. The Morgan fingerprint density at radius 3 is 2.56 bits per heavy atom. The van der Waals surface area contributed by atoms with Gasteiger partial charge >= 0.3 is 0 Å². The van der Waals surface area contributed by atoms with Crippen LogP contribution in [0.15, 0.2) is 54.6 Å². The zero-order valence-corrected chi connectivity index (χ0v) is 15.1. The van der Waals surface area contributed by atoms with Crippen LogP contribution in [0, 0.1) is 0 Å². The van der Waals surface area contributed by atoms with E-state index in [1.165, 1.54) is 11.1 Å². The monoisotopic (exact) mass is 356 g/mol. The first kappa shape index (κ1) is 16.6. The van der Waals surface area contributed by atoms with Gasteiger partial charge in [0.25, 0.3) is 0 Å². The Kier molecular flexibility index (Phi) is 4.52. The first-order chi connectivity index (χ1) is 12.1. The Morgan fingerprint density at radius 1 is 1.00 bits per heavy atom. The molecule has 132 valence electrons. The third-order valence-electron chi connectivity index (χ3n) is 5.10. The molecule has 1 aliphatic carbocycles. The Labute approximate surface area is 149 Å². The lowest BCUT2D eigenvalue weighted by Gasteiger charge is -2.17. The smallest absolute Gasteiger partial charge is 0.235 e. The maximum Gasteiger partial charge on any atom is 0.235 e. The number of nitrogens with zero attached hydrogens (tertiary/aromatic N) is 1. The van der Waals surface area contributed by atoms with Gasteiger partial charge in [0.1, 0.15) is 0 Å². The van der Waals surface area contributed by atoms with Crippen molar-refractivity contribution in [1.29, 1.82) is 0 Å². The van der Waals surface area contributed by atoms with Crippen LogP contribution >= 0.6 is 0 Å². The van der Waals surface area contributed by atoms with Gasteiger partial charge in [0.05, 0.1) is 5.25 Å². The van der Waals surface area contributed by atoms with Crippen LogP contribution in [0.1, 0.15) is 36.3 Å². The van der Waals surface area contributed by atoms with E-state index < -0.39 is 10.0 Å². The van der Waals surface area contributed by atoms with Crippen LogP contribution in [0.2, 0.25) is 0 Å². The molecule has 1 heterocycles. The predicted octanol–water partition coefficient (Wildman–Crippen LogP) is 3.58. The summed E-state index contributed by atoms with van der Waals surface area (Å²) in [6, 6.07) is 18.5. The maximum atomic E-state index is 12.1. The van der Waals surface area contributed by atoms with Gasteiger partial charge < -0.3 is 0 Å². The van der Waals surface area contributed by atoms with Crippen LogP contribution in [-0.4, -0.2) is 31.7 Å². The minimum absolute atomic E-state index is 0.191. The quantitative estimate of drug-likeness (QED) is 0.861. The summed E-state index contributed by atoms with van der Waals surface area (Å²) in [7, 11) is -3.19. The van der Waals surface area contributed by atoms with E-state index in [4.69, 9.17) is 0 Å². The average molecular weight is 356 g/mol. The Morgan fingerprint density at radius 2 is 1.80 bits per heavy atom. The van der Waals surface area contributed by atoms with E-state index in [1.807, 2.05) is 24.3 Å². The van der Waals surface area contributed by atoms with Gasteiger partial charge in [0.2, 0.25) is 10.0 Å². The number of rotatable bonds is 6. The summed E-state index contributed by atoms with van der Waals surface area (Å²) in [5.74, 6) is 0.467. The van der Waals surface area contributed by atoms with Crippen LogP contribution in [0.5, 0.6) is 0 Å². The third-order valence-corrected chi connectivity index (χ3v) is 6.97. The molecule has 1 aliphatic heterocycles. The van der Waals surface area contributed by atoms with Gasteiger partial charge in [-0.2, -0.15) is 0 Å². The molecule has 1 saturated heterocycles. The molecule has 1 unspecified atom stereocenters. The molecule has 1 N–H and O–H groups in total. The summed E-state index contributed by atoms with van der Waals surface area (Å²) in [6.45, 7) is 3.08. The van der Waals surface area contributed by atoms with Crippen molar-refractivity contribution >= 4 is 15.7 Å². The van der Waals surface area contributed by atoms with E-state index in [0.717, 1.165) is 38.9 Å². The fourth-order valence-electron chi connectivity index (χ4n) is 3.57. The van der Waals surface area contributed by atoms with Gasteiger partial charge in [-0.05, 0) is 55.0 Å². The van der Waals surface area contributed by atoms with Crippen molar-refractivity contribution in [3.63, 3.8) is 0 Å². The molecule has 4 nitrogen and oxygen atoms in total. The normalized spacial score (nSPS) is 21.4. The molecular formula is C20H24N2O2S. The lowest BCUT2D eigenvalue weighted by Crippen LogP contribution is -2.20. The van der Waals surface area contributed by atoms with Gasteiger partial charge in [0.15, 0.2) is 0 Å². The number of hydrogen-bond donors (Lipinski definition) is 1. The van der Waals surface area contributed by atoms with E-state index >= 15 is 0 Å². The molecule has 4 rings (SSSR count). The molecular weight excluding hydrogens is 332 g/mol. The summed E-state index contributed by atoms with van der Waals surface area (Å²) in [5.41, 5.74) is 3.27. The zero-order chi connectivity index (χ0) is 17.3. The number of anilines is 1. The first-order valence-corrected chi connectivity index (χ1v) is 10.5. The molecule has 0 amide bonds. The van der Waals surface area contributed by atoms with E-state index in [2.05, 4.69) is 40.0 Å². The summed E-state index contributed by atoms with van der Waals surface area (Å²) >= 11 is 0. The summed E-state index contributed by atoms with van der Waals surface area (Å²) in [4.78, 5) is 2.47. The standard InChI is InChI=1S/C20H24N2O2S/c23-25(24,20-9-10-20)21-19-8-4-7-17(13-19)18-11-12-22(15-18)14-16-5-2-1-3-6-16/h1-8,13,18,20-21H,9-12,14-15H2. The van der Waals surface area contributed by atoms with Crippen LogP contribution in [0.3, 0.4) is 0 Å². The lowest BCUT2D eigenvalue weighted by molar-refractivity contribution is 0.327. The SMILES string of the molecule is O=S(=O)(Nc1cccc(C2CCN(Cc3ccccc3)C2)c1)C1CC1. The maximum absolute atomic E-state index is 12.1. The highest BCUT2D eigenvalue weighted by Gasteiger charge is 2.35. The first-order valence-electron chi connectivity index (χ1n) is 8.98. The summed E-state index contributed by atoms with van der Waals surface area (Å²) in [6.07, 6.45) is 2.68. The highest BCUT2D eigenvalue weighted by molar-refractivity contribution is 7.93. The number of likely N-dealkylation sites (tertiary alicyclic amines) is 1. The molecule has 1 atom stereocenters. The van der Waals surface area contributed by atoms with Crippen molar-refractivity contribution in [2.24, 2.45) is 0 Å². The second-order valence-electron chi connectivity index (χ2n) is 7.18. The summed E-state index contributed by atoms with van der Waals surface area (Å²) in [5, 5.41) is -0.191. The van der Waals surface area contributed by atoms with E-state index in [9.17, 15) is 8.42 Å². The van der Waals surface area contributed by atoms with Crippen LogP contribution < -0.4 is 4.72 Å². The Hall–Kier alpha value is -1.85. The average Bonchev–Trinajstić information content (AvgIpc) is 3.37. The Bertz CT molecular complexity index is 832. The number of hydrogen-bond acceptors (Lipinski definition) is 3. The number of sulfonamides is 1. The van der Waals surface area contributed by atoms with Gasteiger partial charge in [-0.3, -0.25) is 9.62 Å². The van der Waals surface area contributed by atoms with Crippen LogP contribution in [-0.2, 0) is 16.6 Å². The molecule has 0 radical (unpaired) electrons. The third kappa shape index (κ3) is 4.05. The fraction of sp³-hybridized carbons (Fsp3) is 0.400. The molecule has 0 bridgehead atoms. The van der Waals surface area contributed by atoms with Crippen molar-refractivity contribution in [2.75, 3.05) is 17.8 Å². The minimum Gasteiger partial charge on any atom is -0.298 e. The van der Waals surface area contributed by atoms with Gasteiger partial charge in [0, 0.05) is 18.8 Å². The minimum atomic E-state index is -3.19. The van der Waals surface area contributed by atoms with Crippen molar-refractivity contribution in [3.8, 4) is 0 Å². The predicted molar refractivity (Wildman–Crippen MR) is 101 cm³/mol. The molecule has 2 aliphatic rings. The van der Waals surface area contributed by atoms with Crippen molar-refractivity contribution in [3.05, 3.63) is 65.7 Å². The van der Waals surface area contributed by atoms with Crippen molar-refractivity contribution in [1.82, 2.24) is 4.90 Å². The van der Waals surface area contributed by atoms with E-state index in [-0.39, 0.29) is 5.25 Å². The van der Waals surface area contributed by atoms with Crippen molar-refractivity contribution < 1.29 is 8.42 Å². The second-order valence-corrected chi connectivity index (χ2v) is 9.14. The van der Waals surface area contributed by atoms with Crippen LogP contribution in [0.4, 0.5) is 5.69 Å². The van der Waals surface area contributed by atoms with E-state index in [0.29, 0.717) is 11.6 Å². The highest BCUT2D eigenvalue weighted by atomic mass is 32.2.